The summed E-state index contributed by atoms with van der Waals surface area (Å²) in [5.41, 5.74) is 8.65. The van der Waals surface area contributed by atoms with Gasteiger partial charge < -0.3 is 13.7 Å². The average molecular weight is 942 g/mol. The summed E-state index contributed by atoms with van der Waals surface area (Å²) in [6, 6.07) is 72.9. The molecule has 16 rings (SSSR count). The van der Waals surface area contributed by atoms with Gasteiger partial charge in [-0.1, -0.05) is 109 Å². The predicted octanol–water partition coefficient (Wildman–Crippen LogP) is 17.8. The molecule has 0 unspecified atom stereocenters. The molecule has 10 aromatic carbocycles. The Balaban J connectivity index is 1.13. The second-order valence-electron chi connectivity index (χ2n) is 18.2. The minimum absolute atomic E-state index is 0.420. The summed E-state index contributed by atoms with van der Waals surface area (Å²) in [5, 5.41) is 37.7. The first-order valence-corrected chi connectivity index (χ1v) is 25.6. The number of hydrogen-bond donors (Lipinski definition) is 0. The van der Waals surface area contributed by atoms with Gasteiger partial charge in [0.15, 0.2) is 0 Å². The highest BCUT2D eigenvalue weighted by Crippen LogP contribution is 2.48. The number of rotatable bonds is 3. The molecule has 0 atom stereocenters. The van der Waals surface area contributed by atoms with Crippen molar-refractivity contribution in [2.75, 3.05) is 0 Å². The Bertz CT molecular complexity index is 4890. The molecule has 0 bridgehead atoms. The molecule has 322 valence electrons. The Labute approximate surface area is 409 Å². The fourth-order valence-electron chi connectivity index (χ4n) is 11.8. The molecule has 0 fully saturated rings. The minimum Gasteiger partial charge on any atom is -0.308 e. The Morgan fingerprint density at radius 1 is 0.271 bits per heavy atom. The lowest BCUT2D eigenvalue weighted by Crippen LogP contribution is -2.11. The van der Waals surface area contributed by atoms with Crippen LogP contribution in [0.1, 0.15) is 11.1 Å². The maximum absolute atomic E-state index is 12.0. The van der Waals surface area contributed by atoms with Crippen LogP contribution < -0.4 is 0 Å². The summed E-state index contributed by atoms with van der Waals surface area (Å²) < 4.78 is 14.1. The van der Waals surface area contributed by atoms with Crippen molar-refractivity contribution in [3.8, 4) is 29.2 Å². The molecule has 0 radical (unpaired) electrons. The number of benzene rings is 10. The summed E-state index contributed by atoms with van der Waals surface area (Å²) in [6.07, 6.45) is 0. The largest absolute Gasteiger partial charge is 0.308 e. The number of nitrogens with zero attached hydrogens (tertiary/aromatic N) is 5. The molecule has 0 aliphatic carbocycles. The number of fused-ring (bicyclic) bond motifs is 18. The van der Waals surface area contributed by atoms with E-state index in [1.165, 1.54) is 55.1 Å². The van der Waals surface area contributed by atoms with E-state index in [1.807, 2.05) is 22.7 Å². The summed E-state index contributed by atoms with van der Waals surface area (Å²) in [6.45, 7) is 0. The second kappa shape index (κ2) is 13.9. The first-order valence-electron chi connectivity index (χ1n) is 23.2. The molecule has 5 nitrogen and oxygen atoms in total. The van der Waals surface area contributed by atoms with Crippen molar-refractivity contribution >= 4 is 160 Å². The van der Waals surface area contributed by atoms with Gasteiger partial charge in [-0.15, -0.1) is 34.0 Å². The van der Waals surface area contributed by atoms with Gasteiger partial charge in [0, 0.05) is 92.8 Å². The van der Waals surface area contributed by atoms with Gasteiger partial charge in [0.25, 0.3) is 0 Å². The van der Waals surface area contributed by atoms with Gasteiger partial charge >= 0.3 is 0 Å². The third-order valence-electron chi connectivity index (χ3n) is 14.7. The molecule has 0 aliphatic heterocycles. The molecule has 0 aliphatic rings. The first kappa shape index (κ1) is 38.2. The topological polar surface area (TPSA) is 62.4 Å². The van der Waals surface area contributed by atoms with Crippen LogP contribution in [0.25, 0.3) is 143 Å². The van der Waals surface area contributed by atoms with Gasteiger partial charge in [-0.25, -0.2) is 0 Å². The van der Waals surface area contributed by atoms with Gasteiger partial charge in [0.1, 0.15) is 23.3 Å². The standard InChI is InChI=1S/C62H31N5S3/c63-32-46-54(65-48-19-7-1-13-34(48)40-28-59-43(25-51(40)65)37-16-4-10-22-56(37)68-59)31-55(66-49-20-8-2-14-35(49)41-29-60-44(26-52(41)66)38-17-5-11-23-57(38)69-60)47(33-64)62(46)67-50-21-9-3-15-36(50)42-30-61-45(27-53(42)67)39-18-6-12-24-58(39)70-61/h1-31H. The summed E-state index contributed by atoms with van der Waals surface area (Å²) in [5.74, 6) is 0. The van der Waals surface area contributed by atoms with E-state index in [2.05, 4.69) is 214 Å². The number of nitriles is 2. The van der Waals surface area contributed by atoms with Gasteiger partial charge in [0.05, 0.1) is 50.2 Å². The smallest absolute Gasteiger partial charge is 0.104 e. The van der Waals surface area contributed by atoms with Gasteiger partial charge in [0.2, 0.25) is 0 Å². The zero-order valence-electron chi connectivity index (χ0n) is 36.9. The SMILES string of the molecule is N#Cc1c(-n2c3ccccc3c3cc4sc5ccccc5c4cc32)cc(-n2c3ccccc3c3cc4sc5ccccc5c4cc32)c(C#N)c1-n1c2ccccc2c2cc3sc4ccccc4c3cc21. The molecular formula is C62H31N5S3. The fraction of sp³-hybridized carbons (Fsp3) is 0. The van der Waals surface area contributed by atoms with E-state index in [-0.39, 0.29) is 0 Å². The van der Waals surface area contributed by atoms with Gasteiger partial charge in [-0.2, -0.15) is 10.5 Å². The lowest BCUT2D eigenvalue weighted by atomic mass is 10.0. The highest BCUT2D eigenvalue weighted by molar-refractivity contribution is 7.26. The maximum Gasteiger partial charge on any atom is 0.104 e. The van der Waals surface area contributed by atoms with E-state index in [0.29, 0.717) is 28.2 Å². The highest BCUT2D eigenvalue weighted by atomic mass is 32.1. The van der Waals surface area contributed by atoms with Crippen molar-refractivity contribution in [1.82, 2.24) is 13.7 Å². The maximum atomic E-state index is 12.0. The molecule has 6 heterocycles. The van der Waals surface area contributed by atoms with E-state index < -0.39 is 0 Å². The van der Waals surface area contributed by atoms with Crippen LogP contribution in [0.15, 0.2) is 188 Å². The summed E-state index contributed by atoms with van der Waals surface area (Å²) in [7, 11) is 0. The lowest BCUT2D eigenvalue weighted by molar-refractivity contribution is 1.07. The van der Waals surface area contributed by atoms with Crippen molar-refractivity contribution in [3.05, 3.63) is 199 Å². The monoisotopic (exact) mass is 941 g/mol. The normalized spacial score (nSPS) is 12.3. The van der Waals surface area contributed by atoms with E-state index in [4.69, 9.17) is 0 Å². The molecule has 16 aromatic rings. The van der Waals surface area contributed by atoms with Crippen LogP contribution in [0.2, 0.25) is 0 Å². The van der Waals surface area contributed by atoms with Gasteiger partial charge in [-0.3, -0.25) is 0 Å². The van der Waals surface area contributed by atoms with E-state index in [9.17, 15) is 10.5 Å². The Hall–Kier alpha value is -8.76. The van der Waals surface area contributed by atoms with Gasteiger partial charge in [-0.05, 0) is 78.9 Å². The van der Waals surface area contributed by atoms with Crippen molar-refractivity contribution in [2.24, 2.45) is 0 Å². The Morgan fingerprint density at radius 2 is 0.586 bits per heavy atom. The number of aromatic nitrogens is 3. The summed E-state index contributed by atoms with van der Waals surface area (Å²) in [4.78, 5) is 0. The summed E-state index contributed by atoms with van der Waals surface area (Å²) >= 11 is 5.41. The van der Waals surface area contributed by atoms with Crippen LogP contribution in [0.3, 0.4) is 0 Å². The number of hydrogen-bond acceptors (Lipinski definition) is 5. The molecule has 0 saturated carbocycles. The molecule has 8 heteroatoms. The quantitative estimate of drug-likeness (QED) is 0.177. The van der Waals surface area contributed by atoms with Crippen LogP contribution >= 0.6 is 34.0 Å². The van der Waals surface area contributed by atoms with Crippen LogP contribution in [0.4, 0.5) is 0 Å². The third-order valence-corrected chi connectivity index (χ3v) is 18.1. The molecule has 6 aromatic heterocycles. The predicted molar refractivity (Wildman–Crippen MR) is 298 cm³/mol. The van der Waals surface area contributed by atoms with Crippen molar-refractivity contribution in [2.45, 2.75) is 0 Å². The molecule has 70 heavy (non-hydrogen) atoms. The zero-order chi connectivity index (χ0) is 45.9. The zero-order valence-corrected chi connectivity index (χ0v) is 39.3. The average Bonchev–Trinajstić information content (AvgIpc) is 4.25. The molecular weight excluding hydrogens is 911 g/mol. The first-order chi connectivity index (χ1) is 34.6. The van der Waals surface area contributed by atoms with E-state index in [1.54, 1.807) is 11.3 Å². The van der Waals surface area contributed by atoms with Crippen molar-refractivity contribution < 1.29 is 0 Å². The Kier molecular flexibility index (Phi) is 7.60. The molecule has 0 amide bonds. The lowest BCUT2D eigenvalue weighted by Gasteiger charge is -2.21. The Morgan fingerprint density at radius 3 is 0.957 bits per heavy atom. The minimum atomic E-state index is 0.420. The highest BCUT2D eigenvalue weighted by Gasteiger charge is 2.29. The third kappa shape index (κ3) is 4.96. The van der Waals surface area contributed by atoms with E-state index in [0.717, 1.165) is 70.8 Å². The number of thiophene rings is 3. The molecule has 0 N–H and O–H groups in total. The molecule has 0 spiro atoms. The van der Waals surface area contributed by atoms with E-state index >= 15 is 0 Å². The van der Waals surface area contributed by atoms with Crippen LogP contribution in [0.5, 0.6) is 0 Å². The van der Waals surface area contributed by atoms with Crippen LogP contribution in [0, 0.1) is 22.7 Å². The van der Waals surface area contributed by atoms with Crippen LogP contribution in [-0.4, -0.2) is 13.7 Å². The second-order valence-corrected chi connectivity index (χ2v) is 21.4. The van der Waals surface area contributed by atoms with Crippen LogP contribution in [-0.2, 0) is 0 Å². The molecule has 0 saturated heterocycles. The van der Waals surface area contributed by atoms with Crippen molar-refractivity contribution in [3.63, 3.8) is 0 Å². The number of para-hydroxylation sites is 3. The fourth-order valence-corrected chi connectivity index (χ4v) is 15.1. The van der Waals surface area contributed by atoms with Crippen molar-refractivity contribution in [1.29, 1.82) is 10.5 Å².